The first-order valence-electron chi connectivity index (χ1n) is 8.79. The van der Waals surface area contributed by atoms with Gasteiger partial charge in [-0.15, -0.1) is 0 Å². The number of aromatic nitrogens is 3. The van der Waals surface area contributed by atoms with Crippen molar-refractivity contribution >= 4 is 33.6 Å². The smallest absolute Gasteiger partial charge is 0.335 e. The molecule has 0 radical (unpaired) electrons. The summed E-state index contributed by atoms with van der Waals surface area (Å²) in [6.07, 6.45) is 1.78. The Hall–Kier alpha value is -3.41. The second kappa shape index (κ2) is 6.39. The summed E-state index contributed by atoms with van der Waals surface area (Å²) in [6, 6.07) is 15.2. The van der Waals surface area contributed by atoms with E-state index in [2.05, 4.69) is 23.7 Å². The van der Waals surface area contributed by atoms with Crippen molar-refractivity contribution in [3.63, 3.8) is 0 Å². The van der Waals surface area contributed by atoms with Crippen molar-refractivity contribution in [1.82, 2.24) is 14.5 Å². The first kappa shape index (κ1) is 17.0. The molecule has 0 bridgehead atoms. The highest BCUT2D eigenvalue weighted by molar-refractivity contribution is 5.95. The number of carbonyl (C=O) groups is 1. The first-order chi connectivity index (χ1) is 13.0. The molecule has 136 valence electrons. The normalized spacial score (nSPS) is 11.4. The quantitative estimate of drug-likeness (QED) is 0.593. The van der Waals surface area contributed by atoms with E-state index in [0.29, 0.717) is 0 Å². The average molecular weight is 360 g/mol. The molecule has 0 unspecified atom stereocenters. The Morgan fingerprint density at radius 3 is 2.63 bits per heavy atom. The summed E-state index contributed by atoms with van der Waals surface area (Å²) in [5, 5.41) is 10.1. The molecule has 0 aliphatic carbocycles. The summed E-state index contributed by atoms with van der Waals surface area (Å²) in [5.41, 5.74) is 3.80. The van der Waals surface area contributed by atoms with Crippen molar-refractivity contribution in [2.75, 3.05) is 11.9 Å². The summed E-state index contributed by atoms with van der Waals surface area (Å²) in [7, 11) is 2.01. The van der Waals surface area contributed by atoms with E-state index in [9.17, 15) is 9.90 Å². The molecule has 6 heteroatoms. The van der Waals surface area contributed by atoms with Crippen LogP contribution in [0.15, 0.2) is 54.9 Å². The molecule has 0 saturated carbocycles. The largest absolute Gasteiger partial charge is 0.478 e. The summed E-state index contributed by atoms with van der Waals surface area (Å²) in [5.74, 6) is -0.171. The molecule has 0 aliphatic rings. The third kappa shape index (κ3) is 2.89. The average Bonchev–Trinajstić information content (AvgIpc) is 3.09. The second-order valence-corrected chi connectivity index (χ2v) is 6.85. The molecule has 0 amide bonds. The van der Waals surface area contributed by atoms with Gasteiger partial charge >= 0.3 is 5.97 Å². The zero-order valence-corrected chi connectivity index (χ0v) is 15.4. The zero-order valence-electron chi connectivity index (χ0n) is 15.4. The minimum atomic E-state index is -0.944. The van der Waals surface area contributed by atoms with Gasteiger partial charge in [0.05, 0.1) is 27.8 Å². The van der Waals surface area contributed by atoms with Crippen molar-refractivity contribution in [2.24, 2.45) is 0 Å². The number of fused-ring (bicyclic) bond motifs is 2. The highest BCUT2D eigenvalue weighted by Crippen LogP contribution is 2.30. The first-order valence-corrected chi connectivity index (χ1v) is 8.79. The van der Waals surface area contributed by atoms with Crippen LogP contribution in [0.5, 0.6) is 0 Å². The van der Waals surface area contributed by atoms with Crippen LogP contribution in [0, 0.1) is 0 Å². The Labute approximate surface area is 156 Å². The SMILES string of the molecule is CC(C)N(C)c1cc2cc(C(=O)O)ccc2nc1-n1cnc2ccccc21. The molecule has 1 N–H and O–H groups in total. The number of imidazole rings is 1. The molecule has 0 atom stereocenters. The van der Waals surface area contributed by atoms with Gasteiger partial charge in [-0.1, -0.05) is 12.1 Å². The number of nitrogens with zero attached hydrogens (tertiary/aromatic N) is 4. The molecule has 0 aliphatic heterocycles. The number of anilines is 1. The Morgan fingerprint density at radius 2 is 1.89 bits per heavy atom. The molecular weight excluding hydrogens is 340 g/mol. The number of hydrogen-bond acceptors (Lipinski definition) is 4. The predicted molar refractivity (Wildman–Crippen MR) is 107 cm³/mol. The summed E-state index contributed by atoms with van der Waals surface area (Å²) >= 11 is 0. The van der Waals surface area contributed by atoms with Gasteiger partial charge in [-0.2, -0.15) is 0 Å². The Balaban J connectivity index is 2.01. The zero-order chi connectivity index (χ0) is 19.1. The number of hydrogen-bond donors (Lipinski definition) is 1. The molecule has 2 aromatic carbocycles. The van der Waals surface area contributed by atoms with Crippen molar-refractivity contribution < 1.29 is 9.90 Å². The van der Waals surface area contributed by atoms with Gasteiger partial charge in [0.25, 0.3) is 0 Å². The topological polar surface area (TPSA) is 71.2 Å². The number of aromatic carboxylic acids is 1. The monoisotopic (exact) mass is 360 g/mol. The fourth-order valence-corrected chi connectivity index (χ4v) is 3.13. The van der Waals surface area contributed by atoms with Crippen LogP contribution in [-0.4, -0.2) is 38.7 Å². The lowest BCUT2D eigenvalue weighted by atomic mass is 10.1. The van der Waals surface area contributed by atoms with Crippen molar-refractivity contribution in [2.45, 2.75) is 19.9 Å². The van der Waals surface area contributed by atoms with Crippen LogP contribution in [0.2, 0.25) is 0 Å². The number of para-hydroxylation sites is 2. The Bertz CT molecular complexity index is 1160. The van der Waals surface area contributed by atoms with Crippen LogP contribution >= 0.6 is 0 Å². The van der Waals surface area contributed by atoms with E-state index in [-0.39, 0.29) is 11.6 Å². The van der Waals surface area contributed by atoms with Crippen LogP contribution in [0.3, 0.4) is 0 Å². The van der Waals surface area contributed by atoms with Crippen molar-refractivity contribution in [3.8, 4) is 5.82 Å². The van der Waals surface area contributed by atoms with Crippen molar-refractivity contribution in [1.29, 1.82) is 0 Å². The van der Waals surface area contributed by atoms with E-state index in [1.54, 1.807) is 24.5 Å². The van der Waals surface area contributed by atoms with E-state index in [1.807, 2.05) is 41.9 Å². The fraction of sp³-hybridized carbons (Fsp3) is 0.190. The maximum Gasteiger partial charge on any atom is 0.335 e. The van der Waals surface area contributed by atoms with Crippen LogP contribution in [0.1, 0.15) is 24.2 Å². The minimum absolute atomic E-state index is 0.250. The lowest BCUT2D eigenvalue weighted by Gasteiger charge is -2.26. The second-order valence-electron chi connectivity index (χ2n) is 6.85. The van der Waals surface area contributed by atoms with E-state index in [1.165, 1.54) is 0 Å². The van der Waals surface area contributed by atoms with Crippen molar-refractivity contribution in [3.05, 3.63) is 60.4 Å². The number of carboxylic acids is 1. The van der Waals surface area contributed by atoms with Crippen LogP contribution in [0.25, 0.3) is 27.8 Å². The minimum Gasteiger partial charge on any atom is -0.478 e. The lowest BCUT2D eigenvalue weighted by Crippen LogP contribution is -2.27. The van der Waals surface area contributed by atoms with Gasteiger partial charge < -0.3 is 10.0 Å². The summed E-state index contributed by atoms with van der Waals surface area (Å²) < 4.78 is 1.98. The lowest BCUT2D eigenvalue weighted by molar-refractivity contribution is 0.0697. The van der Waals surface area contributed by atoms with Gasteiger partial charge in [0, 0.05) is 18.5 Å². The Kier molecular flexibility index (Phi) is 4.03. The van der Waals surface area contributed by atoms with Crippen LogP contribution in [-0.2, 0) is 0 Å². The van der Waals surface area contributed by atoms with Crippen LogP contribution < -0.4 is 4.90 Å². The van der Waals surface area contributed by atoms with Gasteiger partial charge in [-0.05, 0) is 50.2 Å². The van der Waals surface area contributed by atoms with Gasteiger partial charge in [-0.25, -0.2) is 14.8 Å². The van der Waals surface area contributed by atoms with Gasteiger partial charge in [0.1, 0.15) is 6.33 Å². The van der Waals surface area contributed by atoms with E-state index < -0.39 is 5.97 Å². The summed E-state index contributed by atoms with van der Waals surface area (Å²) in [4.78, 5) is 22.8. The number of rotatable bonds is 4. The van der Waals surface area contributed by atoms with Gasteiger partial charge in [0.15, 0.2) is 5.82 Å². The molecule has 4 aromatic rings. The molecule has 27 heavy (non-hydrogen) atoms. The summed E-state index contributed by atoms with van der Waals surface area (Å²) in [6.45, 7) is 4.21. The predicted octanol–water partition coefficient (Wildman–Crippen LogP) is 4.12. The van der Waals surface area contributed by atoms with E-state index in [4.69, 9.17) is 4.98 Å². The van der Waals surface area contributed by atoms with Gasteiger partial charge in [0.2, 0.25) is 0 Å². The van der Waals surface area contributed by atoms with E-state index in [0.717, 1.165) is 33.4 Å². The fourth-order valence-electron chi connectivity index (χ4n) is 3.13. The molecule has 6 nitrogen and oxygen atoms in total. The third-order valence-corrected chi connectivity index (χ3v) is 4.86. The molecular formula is C21H20N4O2. The van der Waals surface area contributed by atoms with E-state index >= 15 is 0 Å². The third-order valence-electron chi connectivity index (χ3n) is 4.86. The highest BCUT2D eigenvalue weighted by Gasteiger charge is 2.17. The molecule has 4 rings (SSSR count). The maximum absolute atomic E-state index is 11.3. The molecule has 0 fully saturated rings. The number of pyridine rings is 1. The number of benzene rings is 2. The molecule has 2 heterocycles. The number of carboxylic acid groups (broad SMARTS) is 1. The molecule has 2 aromatic heterocycles. The van der Waals surface area contributed by atoms with Gasteiger partial charge in [-0.3, -0.25) is 4.57 Å². The molecule has 0 saturated heterocycles. The maximum atomic E-state index is 11.3. The standard InChI is InChI=1S/C21H20N4O2/c1-13(2)24(3)19-11-15-10-14(21(26)27)8-9-16(15)23-20(19)25-12-22-17-6-4-5-7-18(17)25/h4-13H,1-3H3,(H,26,27). The molecule has 0 spiro atoms. The Morgan fingerprint density at radius 1 is 1.11 bits per heavy atom. The highest BCUT2D eigenvalue weighted by atomic mass is 16.4. The van der Waals surface area contributed by atoms with Crippen LogP contribution in [0.4, 0.5) is 5.69 Å².